The van der Waals surface area contributed by atoms with Crippen LogP contribution in [0.2, 0.25) is 0 Å². The van der Waals surface area contributed by atoms with E-state index < -0.39 is 0 Å². The maximum atomic E-state index is 5.39. The number of hydrogen-bond acceptors (Lipinski definition) is 2. The summed E-state index contributed by atoms with van der Waals surface area (Å²) >= 11 is 1.76. The van der Waals surface area contributed by atoms with E-state index in [9.17, 15) is 0 Å². The molecule has 0 aromatic rings. The van der Waals surface area contributed by atoms with E-state index in [1.807, 2.05) is 0 Å². The molecule has 0 aromatic heterocycles. The molecule has 0 spiro atoms. The molecule has 0 unspecified atom stereocenters. The molecule has 0 radical (unpaired) electrons. The van der Waals surface area contributed by atoms with Crippen molar-refractivity contribution in [1.29, 1.82) is 0 Å². The van der Waals surface area contributed by atoms with Gasteiger partial charge < -0.3 is 4.74 Å². The van der Waals surface area contributed by atoms with Crippen LogP contribution in [0, 0.1) is 0 Å². The first-order valence-corrected chi connectivity index (χ1v) is 7.38. The average molecular weight is 218 g/mol. The third-order valence-electron chi connectivity index (χ3n) is 2.34. The molecule has 0 atom stereocenters. The van der Waals surface area contributed by atoms with Crippen LogP contribution < -0.4 is 0 Å². The van der Waals surface area contributed by atoms with Crippen molar-refractivity contribution in [3.63, 3.8) is 0 Å². The molecule has 14 heavy (non-hydrogen) atoms. The van der Waals surface area contributed by atoms with Crippen molar-refractivity contribution in [1.82, 2.24) is 0 Å². The van der Waals surface area contributed by atoms with Gasteiger partial charge in [0.25, 0.3) is 0 Å². The highest BCUT2D eigenvalue weighted by Crippen LogP contribution is 2.08. The molecular weight excluding hydrogens is 192 g/mol. The van der Waals surface area contributed by atoms with Gasteiger partial charge in [0.15, 0.2) is 0 Å². The molecule has 0 fully saturated rings. The third kappa shape index (κ3) is 12.3. The van der Waals surface area contributed by atoms with Crippen LogP contribution in [-0.4, -0.2) is 18.8 Å². The lowest BCUT2D eigenvalue weighted by Crippen LogP contribution is -1.93. The summed E-state index contributed by atoms with van der Waals surface area (Å²) in [5.41, 5.74) is 0. The Morgan fingerprint density at radius 2 is 1.43 bits per heavy atom. The van der Waals surface area contributed by atoms with Crippen molar-refractivity contribution >= 4 is 11.8 Å². The van der Waals surface area contributed by atoms with Gasteiger partial charge >= 0.3 is 0 Å². The summed E-state index contributed by atoms with van der Waals surface area (Å²) in [7, 11) is 0. The molecule has 0 saturated carbocycles. The topological polar surface area (TPSA) is 9.23 Å². The van der Waals surface area contributed by atoms with Crippen LogP contribution in [0.5, 0.6) is 0 Å². The lowest BCUT2D eigenvalue weighted by molar-refractivity contribution is 0.177. The number of hydrogen-bond donors (Lipinski definition) is 0. The minimum atomic E-state index is 0.858. The van der Waals surface area contributed by atoms with Crippen LogP contribution in [-0.2, 0) is 4.74 Å². The number of thioether (sulfide) groups is 1. The molecule has 0 rings (SSSR count). The standard InChI is InChI=1S/C12H26OS/c1-3-4-5-6-7-8-9-10-11-13-12-14-2/h3-12H2,1-2H3. The fourth-order valence-corrected chi connectivity index (χ4v) is 1.76. The van der Waals surface area contributed by atoms with Gasteiger partial charge in [0.1, 0.15) is 0 Å². The van der Waals surface area contributed by atoms with E-state index in [1.54, 1.807) is 11.8 Å². The maximum absolute atomic E-state index is 5.39. The van der Waals surface area contributed by atoms with Gasteiger partial charge in [0, 0.05) is 6.61 Å². The van der Waals surface area contributed by atoms with Crippen molar-refractivity contribution in [2.75, 3.05) is 18.8 Å². The number of ether oxygens (including phenoxy) is 1. The fraction of sp³-hybridized carbons (Fsp3) is 1.00. The highest BCUT2D eigenvalue weighted by atomic mass is 32.2. The molecule has 0 heterocycles. The molecule has 0 aliphatic heterocycles. The largest absolute Gasteiger partial charge is 0.371 e. The Balaban J connectivity index is 2.78. The Hall–Kier alpha value is 0.310. The summed E-state index contributed by atoms with van der Waals surface area (Å²) in [6.07, 6.45) is 13.1. The predicted octanol–water partition coefficient (Wildman–Crippen LogP) is 4.46. The first kappa shape index (κ1) is 14.3. The monoisotopic (exact) mass is 218 g/mol. The molecule has 0 aliphatic rings. The van der Waals surface area contributed by atoms with Gasteiger partial charge in [-0.3, -0.25) is 0 Å². The van der Waals surface area contributed by atoms with Crippen molar-refractivity contribution < 1.29 is 4.74 Å². The zero-order valence-corrected chi connectivity index (χ0v) is 10.7. The summed E-state index contributed by atoms with van der Waals surface area (Å²) in [5, 5.41) is 0. The summed E-state index contributed by atoms with van der Waals surface area (Å²) in [6, 6.07) is 0. The van der Waals surface area contributed by atoms with Gasteiger partial charge in [-0.15, -0.1) is 11.8 Å². The lowest BCUT2D eigenvalue weighted by atomic mass is 10.1. The fourth-order valence-electron chi connectivity index (χ4n) is 1.48. The molecule has 0 aliphatic carbocycles. The van der Waals surface area contributed by atoms with Crippen LogP contribution in [0.4, 0.5) is 0 Å². The Kier molecular flexibility index (Phi) is 13.6. The van der Waals surface area contributed by atoms with Crippen molar-refractivity contribution in [3.8, 4) is 0 Å². The lowest BCUT2D eigenvalue weighted by Gasteiger charge is -2.02. The molecule has 2 heteroatoms. The van der Waals surface area contributed by atoms with Gasteiger partial charge in [-0.2, -0.15) is 0 Å². The van der Waals surface area contributed by atoms with E-state index >= 15 is 0 Å². The van der Waals surface area contributed by atoms with E-state index in [1.165, 1.54) is 51.4 Å². The zero-order chi connectivity index (χ0) is 10.5. The van der Waals surface area contributed by atoms with E-state index in [4.69, 9.17) is 4.74 Å². The molecule has 0 N–H and O–H groups in total. The van der Waals surface area contributed by atoms with Crippen molar-refractivity contribution in [2.45, 2.75) is 58.3 Å². The molecule has 0 bridgehead atoms. The predicted molar refractivity (Wildman–Crippen MR) is 66.9 cm³/mol. The zero-order valence-electron chi connectivity index (χ0n) is 9.89. The Morgan fingerprint density at radius 1 is 0.857 bits per heavy atom. The molecule has 0 saturated heterocycles. The Labute approximate surface area is 94.0 Å². The average Bonchev–Trinajstić information content (AvgIpc) is 2.21. The van der Waals surface area contributed by atoms with Gasteiger partial charge in [-0.25, -0.2) is 0 Å². The molecule has 86 valence electrons. The van der Waals surface area contributed by atoms with E-state index in [0.29, 0.717) is 0 Å². The summed E-state index contributed by atoms with van der Waals surface area (Å²) in [5.74, 6) is 0.858. The molecule has 1 nitrogen and oxygen atoms in total. The van der Waals surface area contributed by atoms with Gasteiger partial charge in [0.2, 0.25) is 0 Å². The SMILES string of the molecule is CCCCCCCCCCOCSC. The second-order valence-electron chi connectivity index (χ2n) is 3.79. The van der Waals surface area contributed by atoms with Gasteiger partial charge in [-0.05, 0) is 12.7 Å². The highest BCUT2D eigenvalue weighted by Gasteiger charge is 1.91. The van der Waals surface area contributed by atoms with Crippen LogP contribution in [0.25, 0.3) is 0 Å². The van der Waals surface area contributed by atoms with E-state index in [-0.39, 0.29) is 0 Å². The van der Waals surface area contributed by atoms with E-state index in [2.05, 4.69) is 13.2 Å². The normalized spacial score (nSPS) is 10.7. The van der Waals surface area contributed by atoms with E-state index in [0.717, 1.165) is 12.5 Å². The van der Waals surface area contributed by atoms with Gasteiger partial charge in [0.05, 0.1) is 5.94 Å². The number of rotatable bonds is 11. The van der Waals surface area contributed by atoms with Crippen LogP contribution in [0.15, 0.2) is 0 Å². The number of unbranched alkanes of at least 4 members (excludes halogenated alkanes) is 7. The smallest absolute Gasteiger partial charge is 0.0918 e. The van der Waals surface area contributed by atoms with Crippen LogP contribution >= 0.6 is 11.8 Å². The minimum Gasteiger partial charge on any atom is -0.371 e. The second kappa shape index (κ2) is 13.3. The minimum absolute atomic E-state index is 0.858. The van der Waals surface area contributed by atoms with Crippen LogP contribution in [0.3, 0.4) is 0 Å². The highest BCUT2D eigenvalue weighted by molar-refractivity contribution is 7.98. The van der Waals surface area contributed by atoms with Crippen LogP contribution in [0.1, 0.15) is 58.3 Å². The molecular formula is C12H26OS. The Morgan fingerprint density at radius 3 is 2.00 bits per heavy atom. The summed E-state index contributed by atoms with van der Waals surface area (Å²) in [4.78, 5) is 0. The maximum Gasteiger partial charge on any atom is 0.0918 e. The molecule has 0 amide bonds. The first-order chi connectivity index (χ1) is 6.91. The second-order valence-corrected chi connectivity index (χ2v) is 4.60. The quantitative estimate of drug-likeness (QED) is 0.374. The van der Waals surface area contributed by atoms with Crippen molar-refractivity contribution in [3.05, 3.63) is 0 Å². The Bertz CT molecular complexity index is 84.3. The summed E-state index contributed by atoms with van der Waals surface area (Å²) in [6.45, 7) is 3.22. The summed E-state index contributed by atoms with van der Waals surface area (Å²) < 4.78 is 5.39. The van der Waals surface area contributed by atoms with Gasteiger partial charge in [-0.1, -0.05) is 51.9 Å². The first-order valence-electron chi connectivity index (χ1n) is 5.98. The van der Waals surface area contributed by atoms with Crippen molar-refractivity contribution in [2.24, 2.45) is 0 Å². The third-order valence-corrected chi connectivity index (χ3v) is 2.75. The molecule has 0 aromatic carbocycles.